The molecule has 0 unspecified atom stereocenters. The number of ether oxygens (including phenoxy) is 1. The molecule has 0 radical (unpaired) electrons. The van der Waals surface area contributed by atoms with Crippen molar-refractivity contribution < 1.29 is 4.74 Å². The molecule has 0 spiro atoms. The minimum absolute atomic E-state index is 0.131. The van der Waals surface area contributed by atoms with Crippen molar-refractivity contribution in [3.63, 3.8) is 0 Å². The zero-order chi connectivity index (χ0) is 20.5. The van der Waals surface area contributed by atoms with E-state index < -0.39 is 0 Å². The lowest BCUT2D eigenvalue weighted by Gasteiger charge is -2.42. The summed E-state index contributed by atoms with van der Waals surface area (Å²) in [5, 5.41) is 8.63. The minimum atomic E-state index is -0.131. The van der Waals surface area contributed by atoms with Gasteiger partial charge in [-0.25, -0.2) is 0 Å². The fourth-order valence-corrected chi connectivity index (χ4v) is 5.54. The molecule has 0 bridgehead atoms. The van der Waals surface area contributed by atoms with Crippen molar-refractivity contribution in [3.8, 4) is 6.07 Å². The highest BCUT2D eigenvalue weighted by molar-refractivity contribution is 5.26. The standard InChI is InChI=1S/C27H37NO/c1-3-7-22-8-10-23(11-9-22)24-12-14-25(15-13-24)26-16-19-27(29-2,20-17-26)18-5-4-6-21-28/h4-6,8-11,18,24-26H,3,7,12-17,19-20H2,1-2H3/t24-,25-,26-,27+. The second kappa shape index (κ2) is 10.8. The second-order valence-corrected chi connectivity index (χ2v) is 9.06. The molecule has 2 aliphatic carbocycles. The van der Waals surface area contributed by atoms with Crippen molar-refractivity contribution in [1.29, 1.82) is 5.26 Å². The maximum absolute atomic E-state index is 8.63. The number of hydrogen-bond donors (Lipinski definition) is 0. The highest BCUT2D eigenvalue weighted by Gasteiger charge is 2.37. The molecule has 0 N–H and O–H groups in total. The summed E-state index contributed by atoms with van der Waals surface area (Å²) in [7, 11) is 1.83. The van der Waals surface area contributed by atoms with Gasteiger partial charge < -0.3 is 4.74 Å². The van der Waals surface area contributed by atoms with Crippen LogP contribution < -0.4 is 0 Å². The SMILES string of the molecule is CCCc1ccc([C@H]2CC[C@H]([C@H]3CC[C@@](C=CC=CC#N)(OC)CC3)CC2)cc1. The zero-order valence-corrected chi connectivity index (χ0v) is 18.3. The molecular weight excluding hydrogens is 354 g/mol. The molecule has 1 aromatic rings. The van der Waals surface area contributed by atoms with E-state index in [0.29, 0.717) is 0 Å². The summed E-state index contributed by atoms with van der Waals surface area (Å²) in [5.41, 5.74) is 2.90. The van der Waals surface area contributed by atoms with Crippen LogP contribution in [0.2, 0.25) is 0 Å². The molecular formula is C27H37NO. The first kappa shape index (κ1) is 21.8. The quantitative estimate of drug-likeness (QED) is 0.366. The molecule has 0 amide bonds. The molecule has 0 heterocycles. The van der Waals surface area contributed by atoms with Gasteiger partial charge in [0, 0.05) is 13.2 Å². The Morgan fingerprint density at radius 1 is 1.00 bits per heavy atom. The molecule has 0 aliphatic heterocycles. The summed E-state index contributed by atoms with van der Waals surface area (Å²) in [5.74, 6) is 2.51. The predicted molar refractivity (Wildman–Crippen MR) is 121 cm³/mol. The average Bonchev–Trinajstić information content (AvgIpc) is 2.78. The highest BCUT2D eigenvalue weighted by atomic mass is 16.5. The lowest BCUT2D eigenvalue weighted by molar-refractivity contribution is -0.0193. The van der Waals surface area contributed by atoms with Crippen molar-refractivity contribution in [1.82, 2.24) is 0 Å². The smallest absolute Gasteiger partial charge is 0.0912 e. The fraction of sp³-hybridized carbons (Fsp3) is 0.593. The average molecular weight is 392 g/mol. The van der Waals surface area contributed by atoms with Crippen molar-refractivity contribution in [2.24, 2.45) is 11.8 Å². The van der Waals surface area contributed by atoms with Gasteiger partial charge in [0.25, 0.3) is 0 Å². The van der Waals surface area contributed by atoms with Crippen molar-refractivity contribution in [2.75, 3.05) is 7.11 Å². The Morgan fingerprint density at radius 3 is 2.24 bits per heavy atom. The molecule has 156 valence electrons. The van der Waals surface area contributed by atoms with Gasteiger partial charge in [-0.2, -0.15) is 5.26 Å². The van der Waals surface area contributed by atoms with Crippen LogP contribution in [0.3, 0.4) is 0 Å². The largest absolute Gasteiger partial charge is 0.374 e. The molecule has 2 fully saturated rings. The Kier molecular flexibility index (Phi) is 8.13. The number of nitrogens with zero attached hydrogens (tertiary/aromatic N) is 1. The third-order valence-electron chi connectivity index (χ3n) is 7.39. The summed E-state index contributed by atoms with van der Waals surface area (Å²) in [6.45, 7) is 2.25. The van der Waals surface area contributed by atoms with Crippen LogP contribution in [0, 0.1) is 23.2 Å². The zero-order valence-electron chi connectivity index (χ0n) is 18.3. The monoisotopic (exact) mass is 391 g/mol. The van der Waals surface area contributed by atoms with Crippen molar-refractivity contribution in [3.05, 3.63) is 59.7 Å². The summed E-state index contributed by atoms with van der Waals surface area (Å²) in [6.07, 6.45) is 20.1. The van der Waals surface area contributed by atoms with Crippen LogP contribution in [0.15, 0.2) is 48.6 Å². The van der Waals surface area contributed by atoms with E-state index in [4.69, 9.17) is 10.00 Å². The lowest BCUT2D eigenvalue weighted by atomic mass is 9.67. The molecule has 0 aromatic heterocycles. The Bertz CT molecular complexity index is 708. The third kappa shape index (κ3) is 5.83. The van der Waals surface area contributed by atoms with E-state index in [1.165, 1.54) is 63.0 Å². The summed E-state index contributed by atoms with van der Waals surface area (Å²) < 4.78 is 5.89. The minimum Gasteiger partial charge on any atom is -0.374 e. The number of allylic oxidation sites excluding steroid dienone is 3. The van der Waals surface area contributed by atoms with Gasteiger partial charge in [0.2, 0.25) is 0 Å². The van der Waals surface area contributed by atoms with Gasteiger partial charge in [-0.05, 0) is 86.7 Å². The summed E-state index contributed by atoms with van der Waals surface area (Å²) in [6, 6.07) is 11.5. The molecule has 2 heteroatoms. The summed E-state index contributed by atoms with van der Waals surface area (Å²) >= 11 is 0. The van der Waals surface area contributed by atoms with E-state index in [9.17, 15) is 0 Å². The van der Waals surface area contributed by atoms with Gasteiger partial charge in [0.15, 0.2) is 0 Å². The molecule has 29 heavy (non-hydrogen) atoms. The van der Waals surface area contributed by atoms with E-state index in [1.54, 1.807) is 5.56 Å². The van der Waals surface area contributed by atoms with Crippen molar-refractivity contribution in [2.45, 2.75) is 82.7 Å². The Hall–Kier alpha value is -1.85. The number of methoxy groups -OCH3 is 1. The molecule has 2 saturated carbocycles. The van der Waals surface area contributed by atoms with E-state index in [2.05, 4.69) is 37.3 Å². The molecule has 2 nitrogen and oxygen atoms in total. The number of hydrogen-bond acceptors (Lipinski definition) is 2. The maximum atomic E-state index is 8.63. The fourth-order valence-electron chi connectivity index (χ4n) is 5.54. The number of benzene rings is 1. The molecule has 0 saturated heterocycles. The third-order valence-corrected chi connectivity index (χ3v) is 7.39. The van der Waals surface area contributed by atoms with Gasteiger partial charge in [-0.1, -0.05) is 55.8 Å². The van der Waals surface area contributed by atoms with E-state index >= 15 is 0 Å². The van der Waals surface area contributed by atoms with Crippen LogP contribution >= 0.6 is 0 Å². The van der Waals surface area contributed by atoms with Gasteiger partial charge >= 0.3 is 0 Å². The highest BCUT2D eigenvalue weighted by Crippen LogP contribution is 2.45. The normalized spacial score (nSPS) is 30.6. The Morgan fingerprint density at radius 2 is 1.66 bits per heavy atom. The molecule has 1 aromatic carbocycles. The maximum Gasteiger partial charge on any atom is 0.0912 e. The van der Waals surface area contributed by atoms with E-state index in [0.717, 1.165) is 30.6 Å². The van der Waals surface area contributed by atoms with Gasteiger partial charge in [-0.3, -0.25) is 0 Å². The lowest BCUT2D eigenvalue weighted by Crippen LogP contribution is -2.36. The van der Waals surface area contributed by atoms with E-state index in [1.807, 2.05) is 25.3 Å². The van der Waals surface area contributed by atoms with Gasteiger partial charge in [0.05, 0.1) is 11.7 Å². The van der Waals surface area contributed by atoms with Crippen molar-refractivity contribution >= 4 is 0 Å². The first-order valence-corrected chi connectivity index (χ1v) is 11.6. The van der Waals surface area contributed by atoms with Crippen LogP contribution in [0.5, 0.6) is 0 Å². The number of rotatable bonds is 7. The number of aryl methyl sites for hydroxylation is 1. The topological polar surface area (TPSA) is 33.0 Å². The molecule has 2 aliphatic rings. The van der Waals surface area contributed by atoms with Crippen LogP contribution in [0.25, 0.3) is 0 Å². The van der Waals surface area contributed by atoms with Crippen LogP contribution in [-0.2, 0) is 11.2 Å². The summed E-state index contributed by atoms with van der Waals surface area (Å²) in [4.78, 5) is 0. The molecule has 0 atom stereocenters. The predicted octanol–water partition coefficient (Wildman–Crippen LogP) is 7.12. The first-order valence-electron chi connectivity index (χ1n) is 11.6. The van der Waals surface area contributed by atoms with Gasteiger partial charge in [0.1, 0.15) is 0 Å². The second-order valence-electron chi connectivity index (χ2n) is 9.06. The molecule has 3 rings (SSSR count). The Labute approximate surface area is 177 Å². The van der Waals surface area contributed by atoms with Crippen LogP contribution in [-0.4, -0.2) is 12.7 Å². The van der Waals surface area contributed by atoms with Crippen LogP contribution in [0.1, 0.15) is 81.8 Å². The first-order chi connectivity index (χ1) is 14.2. The Balaban J connectivity index is 1.49. The van der Waals surface area contributed by atoms with Gasteiger partial charge in [-0.15, -0.1) is 0 Å². The number of nitriles is 1. The van der Waals surface area contributed by atoms with Crippen LogP contribution in [0.4, 0.5) is 0 Å². The van der Waals surface area contributed by atoms with E-state index in [-0.39, 0.29) is 5.60 Å².